The molecule has 0 spiro atoms. The summed E-state index contributed by atoms with van der Waals surface area (Å²) in [5.74, 6) is 2.13. The van der Waals surface area contributed by atoms with E-state index in [-0.39, 0.29) is 5.82 Å². The van der Waals surface area contributed by atoms with E-state index in [0.717, 1.165) is 16.2 Å². The molecular formula is C16H13FN2O2S. The molecule has 3 aromatic rings. The van der Waals surface area contributed by atoms with Crippen molar-refractivity contribution in [2.24, 2.45) is 0 Å². The molecule has 1 aromatic heterocycles. The van der Waals surface area contributed by atoms with Gasteiger partial charge in [0.15, 0.2) is 0 Å². The number of benzene rings is 2. The fraction of sp³-hybridized carbons (Fsp3) is 0.125. The highest BCUT2D eigenvalue weighted by molar-refractivity contribution is 7.98. The number of hydrogen-bond acceptors (Lipinski definition) is 5. The highest BCUT2D eigenvalue weighted by Gasteiger charge is 2.09. The first kappa shape index (κ1) is 14.6. The fourth-order valence-electron chi connectivity index (χ4n) is 1.85. The summed E-state index contributed by atoms with van der Waals surface area (Å²) in [6.45, 7) is 0. The number of aromatic nitrogens is 2. The van der Waals surface area contributed by atoms with Crippen LogP contribution in [-0.2, 0) is 5.75 Å². The van der Waals surface area contributed by atoms with Crippen LogP contribution in [0.4, 0.5) is 4.39 Å². The third-order valence-electron chi connectivity index (χ3n) is 2.99. The van der Waals surface area contributed by atoms with Gasteiger partial charge in [0.2, 0.25) is 11.7 Å². The highest BCUT2D eigenvalue weighted by Crippen LogP contribution is 2.24. The quantitative estimate of drug-likeness (QED) is 0.661. The number of rotatable bonds is 5. The van der Waals surface area contributed by atoms with E-state index >= 15 is 0 Å². The molecule has 0 aliphatic heterocycles. The van der Waals surface area contributed by atoms with Crippen molar-refractivity contribution in [1.82, 2.24) is 10.1 Å². The lowest BCUT2D eigenvalue weighted by atomic mass is 10.2. The third kappa shape index (κ3) is 3.46. The van der Waals surface area contributed by atoms with Crippen molar-refractivity contribution >= 4 is 11.8 Å². The Balaban J connectivity index is 1.66. The Kier molecular flexibility index (Phi) is 4.39. The van der Waals surface area contributed by atoms with E-state index in [1.165, 1.54) is 23.9 Å². The minimum absolute atomic E-state index is 0.246. The van der Waals surface area contributed by atoms with Gasteiger partial charge >= 0.3 is 0 Å². The molecule has 0 amide bonds. The Morgan fingerprint density at radius 1 is 1.09 bits per heavy atom. The largest absolute Gasteiger partial charge is 0.497 e. The molecule has 0 fully saturated rings. The van der Waals surface area contributed by atoms with Crippen LogP contribution in [0.2, 0.25) is 0 Å². The molecule has 112 valence electrons. The van der Waals surface area contributed by atoms with Gasteiger partial charge in [0.1, 0.15) is 11.6 Å². The molecule has 0 saturated carbocycles. The van der Waals surface area contributed by atoms with Crippen LogP contribution >= 0.6 is 11.8 Å². The lowest BCUT2D eigenvalue weighted by molar-refractivity contribution is 0.391. The van der Waals surface area contributed by atoms with Crippen molar-refractivity contribution in [3.8, 4) is 17.1 Å². The molecule has 0 radical (unpaired) electrons. The summed E-state index contributed by atoms with van der Waals surface area (Å²) in [6.07, 6.45) is 0. The maximum atomic E-state index is 12.8. The number of halogens is 1. The molecule has 0 aliphatic carbocycles. The van der Waals surface area contributed by atoms with E-state index in [1.54, 1.807) is 19.2 Å². The zero-order valence-electron chi connectivity index (χ0n) is 11.8. The van der Waals surface area contributed by atoms with Crippen LogP contribution in [0.25, 0.3) is 11.4 Å². The van der Waals surface area contributed by atoms with Gasteiger partial charge in [-0.3, -0.25) is 0 Å². The zero-order chi connectivity index (χ0) is 15.4. The lowest BCUT2D eigenvalue weighted by Gasteiger charge is -1.99. The summed E-state index contributed by atoms with van der Waals surface area (Å²) >= 11 is 1.51. The molecule has 0 atom stereocenters. The Bertz CT molecular complexity index is 742. The third-order valence-corrected chi connectivity index (χ3v) is 3.99. The molecule has 2 aromatic carbocycles. The van der Waals surface area contributed by atoms with Crippen molar-refractivity contribution in [3.05, 3.63) is 60.2 Å². The molecule has 3 rings (SSSR count). The molecule has 4 nitrogen and oxygen atoms in total. The molecule has 6 heteroatoms. The smallest absolute Gasteiger partial charge is 0.237 e. The second-order valence-electron chi connectivity index (χ2n) is 4.48. The van der Waals surface area contributed by atoms with Crippen LogP contribution in [0, 0.1) is 5.82 Å². The number of ether oxygens (including phenoxy) is 1. The zero-order valence-corrected chi connectivity index (χ0v) is 12.6. The number of nitrogens with zero attached hydrogens (tertiary/aromatic N) is 2. The summed E-state index contributed by atoms with van der Waals surface area (Å²) in [4.78, 5) is 5.30. The average Bonchev–Trinajstić information content (AvgIpc) is 3.03. The second kappa shape index (κ2) is 6.62. The van der Waals surface area contributed by atoms with Crippen molar-refractivity contribution in [1.29, 1.82) is 0 Å². The molecule has 0 unspecified atom stereocenters. The first-order chi connectivity index (χ1) is 10.7. The van der Waals surface area contributed by atoms with E-state index in [2.05, 4.69) is 10.1 Å². The van der Waals surface area contributed by atoms with E-state index in [1.807, 2.05) is 24.3 Å². The predicted octanol–water partition coefficient (Wildman–Crippen LogP) is 4.18. The summed E-state index contributed by atoms with van der Waals surface area (Å²) in [7, 11) is 1.62. The maximum Gasteiger partial charge on any atom is 0.237 e. The molecule has 1 heterocycles. The minimum Gasteiger partial charge on any atom is -0.497 e. The Hall–Kier alpha value is -2.34. The van der Waals surface area contributed by atoms with Gasteiger partial charge in [-0.1, -0.05) is 5.16 Å². The first-order valence-electron chi connectivity index (χ1n) is 6.60. The standard InChI is InChI=1S/C16H13FN2O2S/c1-20-13-6-2-11(3-7-13)16-18-15(21-19-16)10-22-14-8-4-12(17)5-9-14/h2-9H,10H2,1H3. The molecule has 0 N–H and O–H groups in total. The van der Waals surface area contributed by atoms with Gasteiger partial charge in [0.25, 0.3) is 0 Å². The van der Waals surface area contributed by atoms with E-state index in [9.17, 15) is 4.39 Å². The SMILES string of the molecule is COc1ccc(-c2noc(CSc3ccc(F)cc3)n2)cc1. The van der Waals surface area contributed by atoms with Crippen LogP contribution in [-0.4, -0.2) is 17.3 Å². The van der Waals surface area contributed by atoms with Crippen molar-refractivity contribution < 1.29 is 13.7 Å². The Morgan fingerprint density at radius 3 is 2.50 bits per heavy atom. The fourth-order valence-corrected chi connectivity index (χ4v) is 2.58. The van der Waals surface area contributed by atoms with Gasteiger partial charge < -0.3 is 9.26 Å². The van der Waals surface area contributed by atoms with Crippen LogP contribution in [0.3, 0.4) is 0 Å². The van der Waals surface area contributed by atoms with Crippen molar-refractivity contribution in [3.63, 3.8) is 0 Å². The molecule has 0 saturated heterocycles. The lowest BCUT2D eigenvalue weighted by Crippen LogP contribution is -1.85. The van der Waals surface area contributed by atoms with Gasteiger partial charge in [0.05, 0.1) is 12.9 Å². The monoisotopic (exact) mass is 316 g/mol. The van der Waals surface area contributed by atoms with Gasteiger partial charge in [-0.2, -0.15) is 4.98 Å². The van der Waals surface area contributed by atoms with Gasteiger partial charge in [-0.05, 0) is 48.5 Å². The number of thioether (sulfide) groups is 1. The highest BCUT2D eigenvalue weighted by atomic mass is 32.2. The van der Waals surface area contributed by atoms with Crippen molar-refractivity contribution in [2.75, 3.05) is 7.11 Å². The van der Waals surface area contributed by atoms with E-state index in [0.29, 0.717) is 17.5 Å². The Labute approximate surface area is 131 Å². The summed E-state index contributed by atoms with van der Waals surface area (Å²) < 4.78 is 23.2. The molecular weight excluding hydrogens is 303 g/mol. The average molecular weight is 316 g/mol. The molecule has 0 aliphatic rings. The Morgan fingerprint density at radius 2 is 1.82 bits per heavy atom. The van der Waals surface area contributed by atoms with E-state index < -0.39 is 0 Å². The van der Waals surface area contributed by atoms with Crippen LogP contribution in [0.5, 0.6) is 5.75 Å². The summed E-state index contributed by atoms with van der Waals surface area (Å²) in [5, 5.41) is 3.97. The first-order valence-corrected chi connectivity index (χ1v) is 7.58. The predicted molar refractivity (Wildman–Crippen MR) is 82.2 cm³/mol. The van der Waals surface area contributed by atoms with Crippen LogP contribution < -0.4 is 4.74 Å². The molecule has 22 heavy (non-hydrogen) atoms. The van der Waals surface area contributed by atoms with E-state index in [4.69, 9.17) is 9.26 Å². The number of hydrogen-bond donors (Lipinski definition) is 0. The maximum absolute atomic E-state index is 12.8. The van der Waals surface area contributed by atoms with Gasteiger partial charge in [-0.25, -0.2) is 4.39 Å². The van der Waals surface area contributed by atoms with Crippen molar-refractivity contribution in [2.45, 2.75) is 10.6 Å². The molecule has 0 bridgehead atoms. The number of methoxy groups -OCH3 is 1. The second-order valence-corrected chi connectivity index (χ2v) is 5.53. The summed E-state index contributed by atoms with van der Waals surface area (Å²) in [5.41, 5.74) is 0.864. The minimum atomic E-state index is -0.246. The topological polar surface area (TPSA) is 48.2 Å². The normalized spacial score (nSPS) is 10.6. The van der Waals surface area contributed by atoms with Gasteiger partial charge in [-0.15, -0.1) is 11.8 Å². The van der Waals surface area contributed by atoms with Crippen LogP contribution in [0.15, 0.2) is 57.9 Å². The summed E-state index contributed by atoms with van der Waals surface area (Å²) in [6, 6.07) is 13.7. The van der Waals surface area contributed by atoms with Crippen LogP contribution in [0.1, 0.15) is 5.89 Å². The van der Waals surface area contributed by atoms with Gasteiger partial charge in [0, 0.05) is 10.5 Å².